The van der Waals surface area contributed by atoms with Crippen molar-refractivity contribution in [3.8, 4) is 17.2 Å². The zero-order valence-electron chi connectivity index (χ0n) is 20.4. The number of hydrogen-bond donors (Lipinski definition) is 3. The fourth-order valence-corrected chi connectivity index (χ4v) is 4.91. The van der Waals surface area contributed by atoms with Gasteiger partial charge in [-0.2, -0.15) is 0 Å². The lowest BCUT2D eigenvalue weighted by atomic mass is 10.00. The van der Waals surface area contributed by atoms with E-state index >= 15 is 0 Å². The Hall–Kier alpha value is -2.98. The first kappa shape index (κ1) is 23.7. The van der Waals surface area contributed by atoms with Gasteiger partial charge < -0.3 is 19.8 Å². The van der Waals surface area contributed by atoms with Gasteiger partial charge in [-0.05, 0) is 76.4 Å². The zero-order chi connectivity index (χ0) is 23.8. The molecule has 0 heterocycles. The summed E-state index contributed by atoms with van der Waals surface area (Å²) in [5, 5.41) is 32.4. The molecule has 0 aromatic heterocycles. The number of aryl methyl sites for hydroxylation is 6. The molecule has 4 heteroatoms. The second-order valence-electron chi connectivity index (χ2n) is 9.86. The lowest BCUT2D eigenvalue weighted by molar-refractivity contribution is -0.948. The van der Waals surface area contributed by atoms with Crippen LogP contribution >= 0.6 is 0 Å². The van der Waals surface area contributed by atoms with Crippen LogP contribution in [-0.2, 0) is 19.6 Å². The van der Waals surface area contributed by atoms with E-state index in [0.717, 1.165) is 50.1 Å². The van der Waals surface area contributed by atoms with Crippen LogP contribution in [0.2, 0.25) is 0 Å². The number of hydrogen-bond acceptors (Lipinski definition) is 3. The summed E-state index contributed by atoms with van der Waals surface area (Å²) in [6, 6.07) is 12.0. The minimum atomic E-state index is 0.314. The molecule has 0 amide bonds. The van der Waals surface area contributed by atoms with Crippen molar-refractivity contribution >= 4 is 0 Å². The summed E-state index contributed by atoms with van der Waals surface area (Å²) in [5.74, 6) is 0.942. The molecule has 3 aromatic rings. The second-order valence-corrected chi connectivity index (χ2v) is 9.86. The van der Waals surface area contributed by atoms with Gasteiger partial charge in [-0.25, -0.2) is 0 Å². The molecule has 0 bridgehead atoms. The van der Waals surface area contributed by atoms with Crippen molar-refractivity contribution in [3.05, 3.63) is 86.5 Å². The molecule has 0 fully saturated rings. The summed E-state index contributed by atoms with van der Waals surface area (Å²) in [6.45, 7) is 13.5. The SMILES string of the molecule is Cc1cc(C)c(O)c(C[N+](C)(Cc2cc(C)cc(C)c2O)Cc2cc(C)cc(C)c2O)c1. The normalized spacial score (nSPS) is 11.7. The Kier molecular flexibility index (Phi) is 6.56. The first-order chi connectivity index (χ1) is 14.9. The number of phenolic OH excluding ortho intramolecular Hbond substituents is 3. The second kappa shape index (κ2) is 8.87. The molecule has 3 aromatic carbocycles. The smallest absolute Gasteiger partial charge is 0.127 e. The lowest BCUT2D eigenvalue weighted by Gasteiger charge is -2.36. The maximum absolute atomic E-state index is 10.8. The van der Waals surface area contributed by atoms with Crippen LogP contribution in [0.4, 0.5) is 0 Å². The predicted molar refractivity (Wildman–Crippen MR) is 130 cm³/mol. The Labute approximate surface area is 192 Å². The molecular formula is C28H36NO3+. The van der Waals surface area contributed by atoms with Crippen LogP contribution in [0.3, 0.4) is 0 Å². The van der Waals surface area contributed by atoms with Crippen LogP contribution in [0.25, 0.3) is 0 Å². The summed E-state index contributed by atoms with van der Waals surface area (Å²) in [5.41, 5.74) is 8.49. The van der Waals surface area contributed by atoms with Gasteiger partial charge in [0.15, 0.2) is 0 Å². The Morgan fingerprint density at radius 3 is 1.00 bits per heavy atom. The van der Waals surface area contributed by atoms with Crippen molar-refractivity contribution in [2.75, 3.05) is 7.05 Å². The predicted octanol–water partition coefficient (Wildman–Crippen LogP) is 6.00. The van der Waals surface area contributed by atoms with Gasteiger partial charge in [0.1, 0.15) is 36.9 Å². The van der Waals surface area contributed by atoms with Crippen LogP contribution in [0.15, 0.2) is 36.4 Å². The van der Waals surface area contributed by atoms with Crippen molar-refractivity contribution in [1.82, 2.24) is 0 Å². The molecule has 0 spiro atoms. The van der Waals surface area contributed by atoms with E-state index in [-0.39, 0.29) is 0 Å². The van der Waals surface area contributed by atoms with E-state index in [2.05, 4.69) is 7.05 Å². The highest BCUT2D eigenvalue weighted by atomic mass is 16.3. The lowest BCUT2D eigenvalue weighted by Crippen LogP contribution is -2.42. The average molecular weight is 435 g/mol. The van der Waals surface area contributed by atoms with Gasteiger partial charge in [0.05, 0.1) is 7.05 Å². The monoisotopic (exact) mass is 434 g/mol. The summed E-state index contributed by atoms with van der Waals surface area (Å²) in [7, 11) is 2.12. The Morgan fingerprint density at radius 2 is 0.750 bits per heavy atom. The number of benzene rings is 3. The minimum absolute atomic E-state index is 0.314. The molecule has 0 aliphatic carbocycles. The summed E-state index contributed by atoms with van der Waals surface area (Å²) in [6.07, 6.45) is 0. The van der Waals surface area contributed by atoms with Crippen LogP contribution in [-0.4, -0.2) is 26.9 Å². The molecule has 0 unspecified atom stereocenters. The van der Waals surface area contributed by atoms with Gasteiger partial charge in [0, 0.05) is 16.7 Å². The van der Waals surface area contributed by atoms with Crippen LogP contribution < -0.4 is 0 Å². The largest absolute Gasteiger partial charge is 0.507 e. The standard InChI is InChI=1S/C28H35NO3/c1-17-8-20(4)26(30)23(11-17)14-29(7,15-24-12-18(2)9-21(5)27(24)31)16-25-13-19(3)10-22(6)28(25)32/h8-13H,14-16H2,1-7H3,(H2-,30,31,32)/p+1. The highest BCUT2D eigenvalue weighted by Gasteiger charge is 2.29. The van der Waals surface area contributed by atoms with Gasteiger partial charge in [0.2, 0.25) is 0 Å². The average Bonchev–Trinajstić information content (AvgIpc) is 2.67. The van der Waals surface area contributed by atoms with Crippen molar-refractivity contribution in [3.63, 3.8) is 0 Å². The first-order valence-electron chi connectivity index (χ1n) is 11.1. The summed E-state index contributed by atoms with van der Waals surface area (Å²) < 4.78 is 0.489. The third kappa shape index (κ3) is 5.08. The molecule has 0 aliphatic rings. The molecule has 170 valence electrons. The quantitative estimate of drug-likeness (QED) is 0.417. The Morgan fingerprint density at radius 1 is 0.500 bits per heavy atom. The number of phenols is 3. The van der Waals surface area contributed by atoms with Gasteiger partial charge in [-0.15, -0.1) is 0 Å². The third-order valence-corrected chi connectivity index (χ3v) is 6.23. The van der Waals surface area contributed by atoms with Crippen molar-refractivity contribution in [2.45, 2.75) is 61.2 Å². The van der Waals surface area contributed by atoms with Gasteiger partial charge in [0.25, 0.3) is 0 Å². The third-order valence-electron chi connectivity index (χ3n) is 6.23. The van der Waals surface area contributed by atoms with E-state index in [1.54, 1.807) is 0 Å². The highest BCUT2D eigenvalue weighted by molar-refractivity contribution is 5.45. The van der Waals surface area contributed by atoms with E-state index in [0.29, 0.717) is 41.4 Å². The van der Waals surface area contributed by atoms with Crippen molar-refractivity contribution < 1.29 is 19.8 Å². The van der Waals surface area contributed by atoms with E-state index < -0.39 is 0 Å². The van der Waals surface area contributed by atoms with Crippen LogP contribution in [0.1, 0.15) is 50.1 Å². The molecule has 4 nitrogen and oxygen atoms in total. The molecule has 0 aliphatic heterocycles. The summed E-state index contributed by atoms with van der Waals surface area (Å²) >= 11 is 0. The van der Waals surface area contributed by atoms with E-state index in [1.165, 1.54) is 0 Å². The number of rotatable bonds is 6. The van der Waals surface area contributed by atoms with Gasteiger partial charge in [-0.1, -0.05) is 34.9 Å². The molecular weight excluding hydrogens is 398 g/mol. The number of quaternary nitrogens is 1. The fraction of sp³-hybridized carbons (Fsp3) is 0.357. The minimum Gasteiger partial charge on any atom is -0.507 e. The van der Waals surface area contributed by atoms with E-state index in [4.69, 9.17) is 0 Å². The van der Waals surface area contributed by atoms with Crippen molar-refractivity contribution in [2.24, 2.45) is 0 Å². The molecule has 0 saturated heterocycles. The molecule has 0 radical (unpaired) electrons. The molecule has 3 N–H and O–H groups in total. The highest BCUT2D eigenvalue weighted by Crippen LogP contribution is 2.34. The molecule has 0 saturated carbocycles. The van der Waals surface area contributed by atoms with E-state index in [9.17, 15) is 15.3 Å². The maximum atomic E-state index is 10.8. The molecule has 0 atom stereocenters. The zero-order valence-corrected chi connectivity index (χ0v) is 20.4. The Balaban J connectivity index is 2.11. The number of nitrogens with zero attached hydrogens (tertiary/aromatic N) is 1. The van der Waals surface area contributed by atoms with Crippen LogP contribution in [0, 0.1) is 41.5 Å². The number of aromatic hydroxyl groups is 3. The topological polar surface area (TPSA) is 60.7 Å². The van der Waals surface area contributed by atoms with Crippen LogP contribution in [0.5, 0.6) is 17.2 Å². The van der Waals surface area contributed by atoms with Gasteiger partial charge >= 0.3 is 0 Å². The molecule has 3 rings (SSSR count). The maximum Gasteiger partial charge on any atom is 0.127 e. The molecule has 32 heavy (non-hydrogen) atoms. The van der Waals surface area contributed by atoms with E-state index in [1.807, 2.05) is 77.9 Å². The Bertz CT molecular complexity index is 1020. The van der Waals surface area contributed by atoms with Crippen molar-refractivity contribution in [1.29, 1.82) is 0 Å². The first-order valence-corrected chi connectivity index (χ1v) is 11.1. The fourth-order valence-electron chi connectivity index (χ4n) is 4.91. The van der Waals surface area contributed by atoms with Gasteiger partial charge in [-0.3, -0.25) is 0 Å². The summed E-state index contributed by atoms with van der Waals surface area (Å²) in [4.78, 5) is 0.